The van der Waals surface area contributed by atoms with Gasteiger partial charge in [0.1, 0.15) is 5.75 Å². The Balaban J connectivity index is 1.63. The summed E-state index contributed by atoms with van der Waals surface area (Å²) < 4.78 is 10.0. The van der Waals surface area contributed by atoms with Crippen LogP contribution in [0.5, 0.6) is 5.75 Å². The number of hydrogen-bond donors (Lipinski definition) is 0. The third kappa shape index (κ3) is 4.16. The Morgan fingerprint density at radius 3 is 2.37 bits per heavy atom. The van der Waals surface area contributed by atoms with E-state index in [4.69, 9.17) is 4.74 Å². The first kappa shape index (κ1) is 18.6. The molecule has 0 saturated carbocycles. The molecular formula is C21H21NO5. The summed E-state index contributed by atoms with van der Waals surface area (Å²) in [4.78, 5) is 38.0. The molecule has 1 saturated heterocycles. The molecule has 0 unspecified atom stereocenters. The highest BCUT2D eigenvalue weighted by Gasteiger charge is 2.38. The summed E-state index contributed by atoms with van der Waals surface area (Å²) in [5, 5.41) is 0. The van der Waals surface area contributed by atoms with E-state index in [1.165, 1.54) is 31.4 Å². The summed E-state index contributed by atoms with van der Waals surface area (Å²) in [7, 11) is 1.30. The van der Waals surface area contributed by atoms with Gasteiger partial charge in [0.15, 0.2) is 0 Å². The molecule has 2 aromatic carbocycles. The zero-order chi connectivity index (χ0) is 19.4. The Bertz CT molecular complexity index is 831. The molecule has 0 aliphatic carbocycles. The minimum atomic E-state index is -0.510. The molecule has 0 aromatic heterocycles. The molecule has 2 aromatic rings. The van der Waals surface area contributed by atoms with Crippen LogP contribution in [0.4, 0.5) is 0 Å². The van der Waals surface area contributed by atoms with E-state index in [1.54, 1.807) is 4.90 Å². The lowest BCUT2D eigenvalue weighted by Crippen LogP contribution is -2.30. The van der Waals surface area contributed by atoms with Gasteiger partial charge in [-0.2, -0.15) is 0 Å². The van der Waals surface area contributed by atoms with Gasteiger partial charge < -0.3 is 14.4 Å². The predicted molar refractivity (Wildman–Crippen MR) is 98.1 cm³/mol. The number of carbonyl (C=O) groups excluding carboxylic acids is 3. The van der Waals surface area contributed by atoms with Crippen molar-refractivity contribution in [3.63, 3.8) is 0 Å². The van der Waals surface area contributed by atoms with Crippen LogP contribution in [0.25, 0.3) is 0 Å². The van der Waals surface area contributed by atoms with Crippen molar-refractivity contribution in [2.45, 2.75) is 19.4 Å². The van der Waals surface area contributed by atoms with E-state index in [0.29, 0.717) is 17.9 Å². The number of amides is 1. The average molecular weight is 367 g/mol. The molecule has 27 heavy (non-hydrogen) atoms. The van der Waals surface area contributed by atoms with Crippen LogP contribution in [0.3, 0.4) is 0 Å². The molecular weight excluding hydrogens is 346 g/mol. The third-order valence-electron chi connectivity index (χ3n) is 4.74. The standard InChI is InChI=1S/C21H21NO5/c1-14(15-6-4-3-5-7-15)22-13-17(12-19(22)23)21(25)27-18-10-8-16(9-11-18)20(24)26-2/h3-11,14,17H,12-13H2,1-2H3/t14-,17-/m0/s1. The Morgan fingerprint density at radius 2 is 1.74 bits per heavy atom. The fourth-order valence-corrected chi connectivity index (χ4v) is 3.15. The molecule has 6 nitrogen and oxygen atoms in total. The second-order valence-electron chi connectivity index (χ2n) is 6.47. The van der Waals surface area contributed by atoms with Gasteiger partial charge in [0, 0.05) is 13.0 Å². The number of esters is 2. The molecule has 1 fully saturated rings. The molecule has 1 heterocycles. The summed E-state index contributed by atoms with van der Waals surface area (Å²) in [6.07, 6.45) is 0.135. The molecule has 2 atom stereocenters. The second-order valence-corrected chi connectivity index (χ2v) is 6.47. The highest BCUT2D eigenvalue weighted by Crippen LogP contribution is 2.29. The molecule has 3 rings (SSSR count). The second kappa shape index (κ2) is 8.03. The fraction of sp³-hybridized carbons (Fsp3) is 0.286. The molecule has 140 valence electrons. The number of rotatable bonds is 5. The first-order valence-electron chi connectivity index (χ1n) is 8.74. The van der Waals surface area contributed by atoms with Crippen LogP contribution in [0.1, 0.15) is 35.3 Å². The van der Waals surface area contributed by atoms with E-state index in [0.717, 1.165) is 5.56 Å². The van der Waals surface area contributed by atoms with Crippen molar-refractivity contribution in [2.24, 2.45) is 5.92 Å². The normalized spacial score (nSPS) is 17.5. The van der Waals surface area contributed by atoms with E-state index in [-0.39, 0.29) is 18.4 Å². The van der Waals surface area contributed by atoms with Crippen molar-refractivity contribution >= 4 is 17.8 Å². The van der Waals surface area contributed by atoms with Crippen molar-refractivity contribution < 1.29 is 23.9 Å². The van der Waals surface area contributed by atoms with Crippen molar-refractivity contribution in [3.05, 3.63) is 65.7 Å². The minimum Gasteiger partial charge on any atom is -0.465 e. The highest BCUT2D eigenvalue weighted by molar-refractivity contribution is 5.90. The number of benzene rings is 2. The molecule has 6 heteroatoms. The lowest BCUT2D eigenvalue weighted by atomic mass is 10.1. The molecule has 1 aliphatic heterocycles. The van der Waals surface area contributed by atoms with Crippen LogP contribution in [0.2, 0.25) is 0 Å². The van der Waals surface area contributed by atoms with Crippen molar-refractivity contribution in [1.82, 2.24) is 4.90 Å². The van der Waals surface area contributed by atoms with Crippen LogP contribution < -0.4 is 4.74 Å². The van der Waals surface area contributed by atoms with Gasteiger partial charge in [-0.05, 0) is 36.8 Å². The number of ether oxygens (including phenoxy) is 2. The van der Waals surface area contributed by atoms with E-state index in [1.807, 2.05) is 37.3 Å². The Kier molecular flexibility index (Phi) is 5.54. The molecule has 0 N–H and O–H groups in total. The Morgan fingerprint density at radius 1 is 1.07 bits per heavy atom. The van der Waals surface area contributed by atoms with Crippen molar-refractivity contribution in [3.8, 4) is 5.75 Å². The maximum Gasteiger partial charge on any atom is 0.337 e. The van der Waals surface area contributed by atoms with Crippen LogP contribution in [-0.4, -0.2) is 36.4 Å². The topological polar surface area (TPSA) is 72.9 Å². The van der Waals surface area contributed by atoms with Crippen LogP contribution in [0.15, 0.2) is 54.6 Å². The summed E-state index contributed by atoms with van der Waals surface area (Å²) in [5.41, 5.74) is 1.40. The molecule has 0 bridgehead atoms. The first-order valence-corrected chi connectivity index (χ1v) is 8.74. The van der Waals surface area contributed by atoms with Gasteiger partial charge in [0.25, 0.3) is 0 Å². The quantitative estimate of drug-likeness (QED) is 0.600. The molecule has 1 amide bonds. The number of methoxy groups -OCH3 is 1. The largest absolute Gasteiger partial charge is 0.465 e. The lowest BCUT2D eigenvalue weighted by Gasteiger charge is -2.25. The lowest BCUT2D eigenvalue weighted by molar-refractivity contribution is -0.139. The van der Waals surface area contributed by atoms with Crippen molar-refractivity contribution in [1.29, 1.82) is 0 Å². The Labute approximate surface area is 157 Å². The van der Waals surface area contributed by atoms with Gasteiger partial charge in [0.2, 0.25) is 5.91 Å². The van der Waals surface area contributed by atoms with Gasteiger partial charge in [-0.15, -0.1) is 0 Å². The molecule has 1 aliphatic rings. The smallest absolute Gasteiger partial charge is 0.337 e. The van der Waals surface area contributed by atoms with Crippen molar-refractivity contribution in [2.75, 3.05) is 13.7 Å². The number of carbonyl (C=O) groups is 3. The van der Waals surface area contributed by atoms with Gasteiger partial charge in [-0.1, -0.05) is 30.3 Å². The first-order chi connectivity index (χ1) is 13.0. The summed E-state index contributed by atoms with van der Waals surface area (Å²) in [5.74, 6) is -1.15. The van der Waals surface area contributed by atoms with Gasteiger partial charge in [-0.3, -0.25) is 9.59 Å². The zero-order valence-corrected chi connectivity index (χ0v) is 15.3. The zero-order valence-electron chi connectivity index (χ0n) is 15.3. The monoisotopic (exact) mass is 367 g/mol. The van der Waals surface area contributed by atoms with Gasteiger partial charge >= 0.3 is 11.9 Å². The SMILES string of the molecule is COC(=O)c1ccc(OC(=O)[C@H]2CC(=O)N([C@@H](C)c3ccccc3)C2)cc1. The fourth-order valence-electron chi connectivity index (χ4n) is 3.15. The van der Waals surface area contributed by atoms with Gasteiger partial charge in [-0.25, -0.2) is 4.79 Å². The van der Waals surface area contributed by atoms with Crippen LogP contribution in [-0.2, 0) is 14.3 Å². The molecule has 0 radical (unpaired) electrons. The summed E-state index contributed by atoms with van der Waals surface area (Å²) in [6, 6.07) is 15.7. The summed E-state index contributed by atoms with van der Waals surface area (Å²) in [6.45, 7) is 2.28. The van der Waals surface area contributed by atoms with E-state index in [2.05, 4.69) is 4.74 Å². The van der Waals surface area contributed by atoms with E-state index >= 15 is 0 Å². The maximum absolute atomic E-state index is 12.4. The van der Waals surface area contributed by atoms with Gasteiger partial charge in [0.05, 0.1) is 24.6 Å². The van der Waals surface area contributed by atoms with Crippen LogP contribution in [0, 0.1) is 5.92 Å². The van der Waals surface area contributed by atoms with Crippen LogP contribution >= 0.6 is 0 Å². The highest BCUT2D eigenvalue weighted by atomic mass is 16.5. The number of nitrogens with zero attached hydrogens (tertiary/aromatic N) is 1. The predicted octanol–water partition coefficient (Wildman–Crippen LogP) is 2.99. The number of likely N-dealkylation sites (tertiary alicyclic amines) is 1. The maximum atomic E-state index is 12.4. The van der Waals surface area contributed by atoms with E-state index in [9.17, 15) is 14.4 Å². The number of hydrogen-bond acceptors (Lipinski definition) is 5. The summed E-state index contributed by atoms with van der Waals surface area (Å²) >= 11 is 0. The molecule has 0 spiro atoms. The van der Waals surface area contributed by atoms with E-state index < -0.39 is 17.9 Å². The Hall–Kier alpha value is -3.15. The average Bonchev–Trinajstić information content (AvgIpc) is 3.10. The third-order valence-corrected chi connectivity index (χ3v) is 4.74. The minimum absolute atomic E-state index is 0.0608.